The lowest BCUT2D eigenvalue weighted by Crippen LogP contribution is -2.37. The van der Waals surface area contributed by atoms with Crippen molar-refractivity contribution in [2.24, 2.45) is 11.1 Å². The first kappa shape index (κ1) is 19.2. The van der Waals surface area contributed by atoms with Gasteiger partial charge in [-0.3, -0.25) is 9.59 Å². The number of hydrogen-bond donors (Lipinski definition) is 3. The summed E-state index contributed by atoms with van der Waals surface area (Å²) in [4.78, 5) is 24.8. The summed E-state index contributed by atoms with van der Waals surface area (Å²) in [7, 11) is 0. The van der Waals surface area contributed by atoms with E-state index in [1.807, 2.05) is 11.4 Å². The molecule has 0 bridgehead atoms. The van der Waals surface area contributed by atoms with Crippen LogP contribution in [0.25, 0.3) is 0 Å². The zero-order valence-electron chi connectivity index (χ0n) is 13.0. The number of thiophene rings is 1. The summed E-state index contributed by atoms with van der Waals surface area (Å²) in [6.45, 7) is 3.82. The van der Waals surface area contributed by atoms with E-state index in [9.17, 15) is 9.59 Å². The SMILES string of the molecule is CC(C)(CN)C(=O)Nc1cccc(NC(=O)c2cccs2)c1.Cl. The fourth-order valence-corrected chi connectivity index (χ4v) is 2.29. The van der Waals surface area contributed by atoms with E-state index in [-0.39, 0.29) is 30.8 Å². The maximum atomic E-state index is 12.1. The molecule has 2 rings (SSSR count). The number of nitrogens with two attached hydrogens (primary N) is 1. The molecule has 2 amide bonds. The molecule has 0 atom stereocenters. The van der Waals surface area contributed by atoms with Crippen LogP contribution in [0.15, 0.2) is 41.8 Å². The fourth-order valence-electron chi connectivity index (χ4n) is 1.67. The van der Waals surface area contributed by atoms with E-state index in [0.717, 1.165) is 0 Å². The minimum absolute atomic E-state index is 0. The minimum atomic E-state index is -0.643. The van der Waals surface area contributed by atoms with Gasteiger partial charge in [0.05, 0.1) is 10.3 Å². The minimum Gasteiger partial charge on any atom is -0.329 e. The van der Waals surface area contributed by atoms with Crippen molar-refractivity contribution >= 4 is 46.9 Å². The Hall–Kier alpha value is -1.89. The van der Waals surface area contributed by atoms with E-state index in [0.29, 0.717) is 16.3 Å². The maximum Gasteiger partial charge on any atom is 0.265 e. The van der Waals surface area contributed by atoms with Gasteiger partial charge in [0.15, 0.2) is 0 Å². The highest BCUT2D eigenvalue weighted by atomic mass is 35.5. The van der Waals surface area contributed by atoms with Crippen LogP contribution < -0.4 is 16.4 Å². The molecule has 7 heteroatoms. The molecule has 5 nitrogen and oxygen atoms in total. The largest absolute Gasteiger partial charge is 0.329 e. The third kappa shape index (κ3) is 5.06. The topological polar surface area (TPSA) is 84.2 Å². The molecular formula is C16H20ClN3O2S. The highest BCUT2D eigenvalue weighted by Gasteiger charge is 2.25. The van der Waals surface area contributed by atoms with Gasteiger partial charge in [-0.05, 0) is 43.5 Å². The zero-order chi connectivity index (χ0) is 16.2. The summed E-state index contributed by atoms with van der Waals surface area (Å²) in [5.74, 6) is -0.322. The van der Waals surface area contributed by atoms with Gasteiger partial charge in [0.25, 0.3) is 5.91 Å². The Kier molecular flexibility index (Phi) is 6.75. The van der Waals surface area contributed by atoms with Gasteiger partial charge >= 0.3 is 0 Å². The summed E-state index contributed by atoms with van der Waals surface area (Å²) >= 11 is 1.38. The van der Waals surface area contributed by atoms with Crippen LogP contribution in [0.2, 0.25) is 0 Å². The number of halogens is 1. The first-order chi connectivity index (χ1) is 10.4. The fraction of sp³-hybridized carbons (Fsp3) is 0.250. The zero-order valence-corrected chi connectivity index (χ0v) is 14.6. The number of nitrogens with one attached hydrogen (secondary N) is 2. The molecule has 0 saturated carbocycles. The van der Waals surface area contributed by atoms with Gasteiger partial charge in [0.2, 0.25) is 5.91 Å². The third-order valence-electron chi connectivity index (χ3n) is 3.25. The van der Waals surface area contributed by atoms with Crippen molar-refractivity contribution in [2.75, 3.05) is 17.2 Å². The molecule has 124 valence electrons. The van der Waals surface area contributed by atoms with Crippen LogP contribution >= 0.6 is 23.7 Å². The maximum absolute atomic E-state index is 12.1. The molecule has 0 saturated heterocycles. The average molecular weight is 354 g/mol. The Labute approximate surface area is 145 Å². The second kappa shape index (κ2) is 8.10. The Morgan fingerprint density at radius 3 is 2.35 bits per heavy atom. The molecule has 0 unspecified atom stereocenters. The predicted octanol–water partition coefficient (Wildman–Crippen LogP) is 3.35. The highest BCUT2D eigenvalue weighted by molar-refractivity contribution is 7.12. The third-order valence-corrected chi connectivity index (χ3v) is 4.12. The van der Waals surface area contributed by atoms with E-state index in [4.69, 9.17) is 5.73 Å². The highest BCUT2D eigenvalue weighted by Crippen LogP contribution is 2.20. The number of carbonyl (C=O) groups is 2. The molecule has 23 heavy (non-hydrogen) atoms. The molecule has 0 spiro atoms. The molecule has 0 aliphatic heterocycles. The molecule has 2 aromatic rings. The van der Waals surface area contributed by atoms with Gasteiger partial charge in [0.1, 0.15) is 0 Å². The molecular weight excluding hydrogens is 334 g/mol. The van der Waals surface area contributed by atoms with Gasteiger partial charge < -0.3 is 16.4 Å². The van der Waals surface area contributed by atoms with Gasteiger partial charge in [0, 0.05) is 17.9 Å². The first-order valence-electron chi connectivity index (χ1n) is 6.89. The van der Waals surface area contributed by atoms with Crippen molar-refractivity contribution < 1.29 is 9.59 Å². The molecule has 1 heterocycles. The van der Waals surface area contributed by atoms with Crippen LogP contribution in [0, 0.1) is 5.41 Å². The van der Waals surface area contributed by atoms with Crippen LogP contribution in [0.4, 0.5) is 11.4 Å². The Bertz CT molecular complexity index is 672. The van der Waals surface area contributed by atoms with Crippen LogP contribution in [0.5, 0.6) is 0 Å². The molecule has 0 fully saturated rings. The van der Waals surface area contributed by atoms with Crippen molar-refractivity contribution in [3.8, 4) is 0 Å². The Morgan fingerprint density at radius 1 is 1.13 bits per heavy atom. The van der Waals surface area contributed by atoms with Crippen molar-refractivity contribution in [1.29, 1.82) is 0 Å². The summed E-state index contributed by atoms with van der Waals surface area (Å²) in [5.41, 5.74) is 6.20. The van der Waals surface area contributed by atoms with E-state index < -0.39 is 5.41 Å². The molecule has 0 aliphatic rings. The number of benzene rings is 1. The van der Waals surface area contributed by atoms with Crippen LogP contribution in [-0.4, -0.2) is 18.4 Å². The molecule has 0 aliphatic carbocycles. The Balaban J connectivity index is 0.00000264. The molecule has 1 aromatic carbocycles. The summed E-state index contributed by atoms with van der Waals surface area (Å²) in [6.07, 6.45) is 0. The van der Waals surface area contributed by atoms with E-state index in [1.165, 1.54) is 11.3 Å². The molecule has 0 radical (unpaired) electrons. The predicted molar refractivity (Wildman–Crippen MR) is 97.4 cm³/mol. The van der Waals surface area contributed by atoms with Crippen LogP contribution in [-0.2, 0) is 4.79 Å². The van der Waals surface area contributed by atoms with Crippen LogP contribution in [0.1, 0.15) is 23.5 Å². The number of rotatable bonds is 5. The monoisotopic (exact) mass is 353 g/mol. The van der Waals surface area contributed by atoms with Gasteiger partial charge in [-0.25, -0.2) is 0 Å². The lowest BCUT2D eigenvalue weighted by atomic mass is 9.92. The number of hydrogen-bond acceptors (Lipinski definition) is 4. The quantitative estimate of drug-likeness (QED) is 0.770. The van der Waals surface area contributed by atoms with Crippen LogP contribution in [0.3, 0.4) is 0 Å². The molecule has 4 N–H and O–H groups in total. The normalized spacial score (nSPS) is 10.6. The summed E-state index contributed by atoms with van der Waals surface area (Å²) < 4.78 is 0. The smallest absolute Gasteiger partial charge is 0.265 e. The van der Waals surface area contributed by atoms with Gasteiger partial charge in [-0.15, -0.1) is 23.7 Å². The Morgan fingerprint density at radius 2 is 1.78 bits per heavy atom. The van der Waals surface area contributed by atoms with Crippen molar-refractivity contribution in [2.45, 2.75) is 13.8 Å². The summed E-state index contributed by atoms with van der Waals surface area (Å²) in [6, 6.07) is 10.6. The van der Waals surface area contributed by atoms with Gasteiger partial charge in [-0.1, -0.05) is 12.1 Å². The second-order valence-corrected chi connectivity index (χ2v) is 6.50. The number of carbonyl (C=O) groups excluding carboxylic acids is 2. The van der Waals surface area contributed by atoms with Crippen molar-refractivity contribution in [3.05, 3.63) is 46.7 Å². The van der Waals surface area contributed by atoms with Gasteiger partial charge in [-0.2, -0.15) is 0 Å². The van der Waals surface area contributed by atoms with E-state index in [1.54, 1.807) is 44.2 Å². The lowest BCUT2D eigenvalue weighted by molar-refractivity contribution is -0.123. The van der Waals surface area contributed by atoms with Crippen molar-refractivity contribution in [1.82, 2.24) is 0 Å². The molecule has 1 aromatic heterocycles. The standard InChI is InChI=1S/C16H19N3O2S.ClH/c1-16(2,10-17)15(21)19-12-6-3-5-11(9-12)18-14(20)13-7-4-8-22-13;/h3-9H,10,17H2,1-2H3,(H,18,20)(H,19,21);1H. The van der Waals surface area contributed by atoms with E-state index in [2.05, 4.69) is 10.6 Å². The average Bonchev–Trinajstić information content (AvgIpc) is 3.02. The second-order valence-electron chi connectivity index (χ2n) is 5.55. The number of anilines is 2. The number of amides is 2. The summed E-state index contributed by atoms with van der Waals surface area (Å²) in [5, 5.41) is 7.47. The lowest BCUT2D eigenvalue weighted by Gasteiger charge is -2.21. The van der Waals surface area contributed by atoms with Crippen molar-refractivity contribution in [3.63, 3.8) is 0 Å². The van der Waals surface area contributed by atoms with E-state index >= 15 is 0 Å². The first-order valence-corrected chi connectivity index (χ1v) is 7.77.